The van der Waals surface area contributed by atoms with Gasteiger partial charge in [-0.25, -0.2) is 0 Å². The van der Waals surface area contributed by atoms with E-state index in [-0.39, 0.29) is 20.1 Å². The Labute approximate surface area is 660 Å². The molecule has 8 nitrogen and oxygen atoms in total. The van der Waals surface area contributed by atoms with Crippen LogP contribution < -0.4 is 77.6 Å². The molecule has 0 fully saturated rings. The fraction of sp³-hybridized carbons (Fsp3) is 0. The molecule has 0 atom stereocenters. The lowest BCUT2D eigenvalue weighted by Crippen LogP contribution is -2.57. The maximum atomic E-state index is 6.51. The predicted octanol–water partition coefficient (Wildman–Crippen LogP) is 21.3. The summed E-state index contributed by atoms with van der Waals surface area (Å²) in [4.78, 5) is 0. The third kappa shape index (κ3) is 10.1. The highest BCUT2D eigenvalue weighted by Crippen LogP contribution is 2.45. The highest BCUT2D eigenvalue weighted by atomic mass is 32.1. The van der Waals surface area contributed by atoms with Crippen LogP contribution in [0.2, 0.25) is 0 Å². The summed E-state index contributed by atoms with van der Waals surface area (Å²) in [6.45, 7) is 0.224. The average molecular weight is 1480 g/mol. The van der Waals surface area contributed by atoms with Crippen molar-refractivity contribution in [2.75, 3.05) is 0 Å². The number of aromatic nitrogens is 1. The predicted molar refractivity (Wildman–Crippen MR) is 469 cm³/mol. The summed E-state index contributed by atoms with van der Waals surface area (Å²) in [5.74, 6) is 10.6. The first-order valence-electron chi connectivity index (χ1n) is 38.7. The highest BCUT2D eigenvalue weighted by Gasteiger charge is 2.43. The second kappa shape index (κ2) is 25.6. The van der Waals surface area contributed by atoms with Gasteiger partial charge in [-0.1, -0.05) is 261 Å². The number of hydrogen-bond donors (Lipinski definition) is 0. The lowest BCUT2D eigenvalue weighted by molar-refractivity contribution is 0.464. The number of nitrogens with zero attached hydrogens (tertiary/aromatic N) is 1. The van der Waals surface area contributed by atoms with Crippen LogP contribution in [0.5, 0.6) is 69.0 Å². The Kier molecular flexibility index (Phi) is 14.4. The first-order chi connectivity index (χ1) is 56.5. The molecule has 0 unspecified atom stereocenters. The zero-order valence-electron chi connectivity index (χ0n) is 61.1. The molecule has 12 heteroatoms. The number of rotatable bonds is 5. The van der Waals surface area contributed by atoms with E-state index in [0.717, 1.165) is 141 Å². The van der Waals surface area contributed by atoms with Crippen molar-refractivity contribution in [3.05, 3.63) is 364 Å². The third-order valence-corrected chi connectivity index (χ3v) is 24.8. The number of para-hydroxylation sites is 7. The largest absolute Gasteiger partial charge is 0.458 e. The normalized spacial score (nSPS) is 12.9. The summed E-state index contributed by atoms with van der Waals surface area (Å²) in [6, 6.07) is 128. The number of benzene rings is 17. The molecule has 20 aromatic rings. The van der Waals surface area contributed by atoms with Gasteiger partial charge < -0.3 is 37.4 Å². The van der Waals surface area contributed by atoms with Crippen LogP contribution in [0, 0.1) is 0 Å². The molecule has 114 heavy (non-hydrogen) atoms. The van der Waals surface area contributed by atoms with E-state index < -0.39 is 0 Å². The van der Waals surface area contributed by atoms with Crippen LogP contribution in [0.4, 0.5) is 0 Å². The van der Waals surface area contributed by atoms with Crippen molar-refractivity contribution in [1.29, 1.82) is 0 Å². The Morgan fingerprint density at radius 1 is 0.228 bits per heavy atom. The van der Waals surface area contributed by atoms with Gasteiger partial charge in [-0.3, -0.25) is 0 Å². The molecular formula is C102H60B3NO7S. The van der Waals surface area contributed by atoms with E-state index in [1.54, 1.807) is 0 Å². The highest BCUT2D eigenvalue weighted by molar-refractivity contribution is 7.26. The Balaban J connectivity index is 0.0000000992. The van der Waals surface area contributed by atoms with Gasteiger partial charge in [-0.2, -0.15) is 0 Å². The minimum absolute atomic E-state index is 0.0600. The molecule has 3 aromatic heterocycles. The van der Waals surface area contributed by atoms with Gasteiger partial charge in [0.1, 0.15) is 80.2 Å². The lowest BCUT2D eigenvalue weighted by atomic mass is 9.35. The molecule has 0 bridgehead atoms. The van der Waals surface area contributed by atoms with Gasteiger partial charge in [0.15, 0.2) is 0 Å². The summed E-state index contributed by atoms with van der Waals surface area (Å²) in [6.07, 6.45) is 0. The zero-order valence-corrected chi connectivity index (χ0v) is 61.9. The van der Waals surface area contributed by atoms with Gasteiger partial charge in [0.05, 0.1) is 11.0 Å². The average Bonchev–Trinajstić information content (AvgIpc) is 1.04. The van der Waals surface area contributed by atoms with E-state index in [0.29, 0.717) is 0 Å². The first-order valence-corrected chi connectivity index (χ1v) is 39.5. The molecule has 6 aliphatic rings. The summed E-state index contributed by atoms with van der Waals surface area (Å²) in [5, 5.41) is 7.45. The Morgan fingerprint density at radius 2 is 0.596 bits per heavy atom. The summed E-state index contributed by atoms with van der Waals surface area (Å²) in [7, 11) is 0. The molecule has 0 N–H and O–H groups in total. The topological polar surface area (TPSA) is 73.5 Å². The van der Waals surface area contributed by atoms with Crippen molar-refractivity contribution in [3.8, 4) is 119 Å². The molecule has 6 aliphatic heterocycles. The fourth-order valence-electron chi connectivity index (χ4n) is 18.5. The SMILES string of the molecule is c1ccc2c(c1)Oc1cccc3c1B2c1cc(-c2ccc(-c4cccc5c4oc4ccccc45)cc2)ccc1O3.c1ccc2c(c1)Oc1cccc3c1B2c1cc(-c2ccc(-c4cccc5c4sc4ccccc45)cc2)ccc1O3.c1ccc2c(c1)Oc1cccc3c1B2c1ccc(-n2c4ccccc4c4ccccc42)cc1O3. The lowest BCUT2D eigenvalue weighted by Gasteiger charge is -2.33. The molecule has 0 spiro atoms. The quantitative estimate of drug-likeness (QED) is 0.159. The van der Waals surface area contributed by atoms with E-state index >= 15 is 0 Å². The number of fused-ring (bicyclic) bond motifs is 21. The van der Waals surface area contributed by atoms with Gasteiger partial charge in [0.2, 0.25) is 0 Å². The second-order valence-corrected chi connectivity index (χ2v) is 30.9. The molecule has 0 saturated heterocycles. The molecule has 0 aliphatic carbocycles. The van der Waals surface area contributed by atoms with Crippen molar-refractivity contribution in [1.82, 2.24) is 4.57 Å². The van der Waals surface area contributed by atoms with Crippen LogP contribution in [0.1, 0.15) is 0 Å². The number of furan rings is 1. The van der Waals surface area contributed by atoms with E-state index in [1.807, 2.05) is 108 Å². The fourth-order valence-corrected chi connectivity index (χ4v) is 19.7. The van der Waals surface area contributed by atoms with Crippen molar-refractivity contribution >= 4 is 145 Å². The first kappa shape index (κ1) is 64.4. The Hall–Kier alpha value is -14.4. The van der Waals surface area contributed by atoms with E-state index in [2.05, 4.69) is 271 Å². The van der Waals surface area contributed by atoms with E-state index in [4.69, 9.17) is 32.8 Å². The standard InChI is InChI=1S/C36H21BO3.C36H21BO2S.C30H18BNO2/c1-3-11-30-26(7-1)27-9-5-8-25(36(27)40-30)23-17-15-22(16-18-23)24-19-20-32-29(21-24)37-28-10-2-4-12-31(28)38-33-13-6-14-34(39-32)35(33)37;1-4-14-34-26(7-1)27-9-5-8-25(36(27)40-34)23-17-15-22(16-18-23)24-19-20-31-29(21-24)37-28-10-2-3-11-30(28)38-32-12-6-13-33(39-31)35(32)37;1-4-11-24-20(8-1)21-9-2-5-12-25(21)32(24)19-16-17-23-29(18-19)34-28-15-7-14-27-30(28)31(23)22-10-3-6-13-26(22)33-27/h2*1-21H;1-18H. The number of ether oxygens (including phenoxy) is 6. The van der Waals surface area contributed by atoms with Gasteiger partial charge in [-0.05, 0) is 169 Å². The van der Waals surface area contributed by atoms with Crippen LogP contribution in [0.15, 0.2) is 368 Å². The van der Waals surface area contributed by atoms with Crippen molar-refractivity contribution in [2.45, 2.75) is 0 Å². The molecule has 0 saturated carbocycles. The van der Waals surface area contributed by atoms with E-state index in [1.165, 1.54) is 91.5 Å². The van der Waals surface area contributed by atoms with Gasteiger partial charge in [-0.15, -0.1) is 11.3 Å². The number of hydrogen-bond acceptors (Lipinski definition) is 8. The van der Waals surface area contributed by atoms with Crippen molar-refractivity contribution in [2.24, 2.45) is 0 Å². The maximum Gasteiger partial charge on any atom is 0.260 e. The van der Waals surface area contributed by atoms with Crippen molar-refractivity contribution in [3.63, 3.8) is 0 Å². The van der Waals surface area contributed by atoms with Gasteiger partial charge in [0.25, 0.3) is 20.1 Å². The summed E-state index contributed by atoms with van der Waals surface area (Å²) >= 11 is 1.87. The van der Waals surface area contributed by atoms with Crippen molar-refractivity contribution < 1.29 is 32.8 Å². The van der Waals surface area contributed by atoms with Crippen LogP contribution in [0.3, 0.4) is 0 Å². The Morgan fingerprint density at radius 3 is 1.13 bits per heavy atom. The summed E-state index contributed by atoms with van der Waals surface area (Å²) in [5.41, 5.74) is 25.1. The van der Waals surface area contributed by atoms with Crippen LogP contribution >= 0.6 is 11.3 Å². The van der Waals surface area contributed by atoms with Gasteiger partial charge >= 0.3 is 0 Å². The minimum Gasteiger partial charge on any atom is -0.458 e. The molecule has 0 radical (unpaired) electrons. The second-order valence-electron chi connectivity index (χ2n) is 29.8. The maximum absolute atomic E-state index is 6.51. The molecular weight excluding hydrogens is 1420 g/mol. The van der Waals surface area contributed by atoms with Gasteiger partial charge in [0, 0.05) is 75.4 Å². The molecule has 26 rings (SSSR count). The third-order valence-electron chi connectivity index (χ3n) is 23.6. The summed E-state index contributed by atoms with van der Waals surface area (Å²) < 4.78 is 49.4. The Bertz CT molecular complexity index is 7040. The van der Waals surface area contributed by atoms with Crippen LogP contribution in [0.25, 0.3) is 114 Å². The minimum atomic E-state index is 0.0600. The molecule has 17 aromatic carbocycles. The van der Waals surface area contributed by atoms with Crippen LogP contribution in [-0.2, 0) is 0 Å². The molecule has 9 heterocycles. The molecule has 0 amide bonds. The molecule has 530 valence electrons. The monoisotopic (exact) mass is 1480 g/mol. The van der Waals surface area contributed by atoms with Crippen LogP contribution in [-0.4, -0.2) is 24.7 Å². The van der Waals surface area contributed by atoms with E-state index in [9.17, 15) is 0 Å². The smallest absolute Gasteiger partial charge is 0.260 e. The zero-order chi connectivity index (χ0) is 74.6. The number of thiophene rings is 1.